The molecule has 0 bridgehead atoms. The molecule has 0 amide bonds. The van der Waals surface area contributed by atoms with Gasteiger partial charge in [-0.1, -0.05) is 65.7 Å². The van der Waals surface area contributed by atoms with E-state index in [4.69, 9.17) is 19.1 Å². The smallest absolute Gasteiger partial charge is 0.278 e. The maximum atomic E-state index is 12.9. The summed E-state index contributed by atoms with van der Waals surface area (Å²) >= 11 is 0.966. The van der Waals surface area contributed by atoms with Crippen LogP contribution in [0.1, 0.15) is 32.9 Å². The SMILES string of the molecule is COc1ccc(C(CN2C(=Cc3ccc4ccccc4[n+]3CC(c3ccc(OC)cc3)S(=O)(=O)O)C=Cc3ccccc32)SOOO)cc1. The van der Waals surface area contributed by atoms with Gasteiger partial charge in [-0.15, -0.1) is 4.33 Å². The quantitative estimate of drug-likeness (QED) is 0.0422. The first-order valence-electron chi connectivity index (χ1n) is 15.3. The number of hydrogen-bond donors (Lipinski definition) is 2. The van der Waals surface area contributed by atoms with Crippen molar-refractivity contribution < 1.29 is 41.6 Å². The van der Waals surface area contributed by atoms with E-state index in [1.165, 1.54) is 7.11 Å². The minimum absolute atomic E-state index is 0.0576. The van der Waals surface area contributed by atoms with Gasteiger partial charge < -0.3 is 14.4 Å². The van der Waals surface area contributed by atoms with E-state index in [1.807, 2.05) is 108 Å². The molecule has 0 fully saturated rings. The van der Waals surface area contributed by atoms with E-state index in [-0.39, 0.29) is 11.8 Å². The first-order chi connectivity index (χ1) is 23.8. The van der Waals surface area contributed by atoms with Gasteiger partial charge >= 0.3 is 0 Å². The molecule has 252 valence electrons. The molecule has 1 aromatic heterocycles. The lowest BCUT2D eigenvalue weighted by Gasteiger charge is -2.33. The minimum Gasteiger partial charge on any atom is -0.497 e. The number of para-hydroxylation sites is 2. The number of aromatic nitrogens is 1. The number of rotatable bonds is 13. The predicted octanol–water partition coefficient (Wildman–Crippen LogP) is 7.46. The standard InChI is InChI=1S/C37H34N2O8S2/c1-44-32-19-13-28(14-20-32)36(48-47-46-40)24-38-30(17-11-26-7-3-5-9-34(26)38)23-31-18-12-27-8-4-6-10-35(27)39(31)25-37(49(41,42)43)29-15-21-33(45-2)22-16-29/h3-23,36-37H,24-25H2,1-2H3,(H-,40,41,42,43)/p+1. The van der Waals surface area contributed by atoms with Crippen LogP contribution < -0.4 is 18.9 Å². The second-order valence-electron chi connectivity index (χ2n) is 11.3. The number of methoxy groups -OCH3 is 2. The molecule has 49 heavy (non-hydrogen) atoms. The van der Waals surface area contributed by atoms with Crippen LogP contribution in [-0.2, 0) is 26.0 Å². The fourth-order valence-electron chi connectivity index (χ4n) is 5.96. The Hall–Kier alpha value is -4.69. The van der Waals surface area contributed by atoms with Crippen molar-refractivity contribution in [2.75, 3.05) is 25.7 Å². The van der Waals surface area contributed by atoms with Gasteiger partial charge in [0.05, 0.1) is 19.5 Å². The van der Waals surface area contributed by atoms with Crippen molar-refractivity contribution >= 4 is 50.9 Å². The summed E-state index contributed by atoms with van der Waals surface area (Å²) < 4.78 is 53.9. The molecule has 0 saturated carbocycles. The van der Waals surface area contributed by atoms with Gasteiger partial charge in [0.1, 0.15) is 11.5 Å². The Kier molecular flexibility index (Phi) is 10.6. The van der Waals surface area contributed by atoms with E-state index in [1.54, 1.807) is 31.4 Å². The second-order valence-corrected chi connectivity index (χ2v) is 13.8. The average molecular weight is 700 g/mol. The van der Waals surface area contributed by atoms with Crippen LogP contribution in [0.3, 0.4) is 0 Å². The first-order valence-corrected chi connectivity index (χ1v) is 17.7. The number of ether oxygens (including phenoxy) is 2. The zero-order valence-corrected chi connectivity index (χ0v) is 28.4. The molecule has 4 aromatic carbocycles. The van der Waals surface area contributed by atoms with E-state index in [9.17, 15) is 13.0 Å². The van der Waals surface area contributed by atoms with E-state index in [0.717, 1.165) is 45.5 Å². The van der Waals surface area contributed by atoms with Gasteiger partial charge in [-0.25, -0.2) is 5.26 Å². The van der Waals surface area contributed by atoms with Crippen LogP contribution in [0.4, 0.5) is 5.69 Å². The molecule has 0 radical (unpaired) electrons. The largest absolute Gasteiger partial charge is 0.497 e. The van der Waals surface area contributed by atoms with Gasteiger partial charge in [0, 0.05) is 53.6 Å². The lowest BCUT2D eigenvalue weighted by atomic mass is 10.0. The van der Waals surface area contributed by atoms with Crippen molar-refractivity contribution in [3.05, 3.63) is 143 Å². The molecule has 6 rings (SSSR count). The Morgan fingerprint density at radius 1 is 0.816 bits per heavy atom. The Balaban J connectivity index is 1.46. The summed E-state index contributed by atoms with van der Waals surface area (Å²) in [4.78, 5) is 2.14. The van der Waals surface area contributed by atoms with Crippen molar-refractivity contribution in [1.29, 1.82) is 0 Å². The monoisotopic (exact) mass is 699 g/mol. The van der Waals surface area contributed by atoms with Crippen LogP contribution in [0.2, 0.25) is 0 Å². The van der Waals surface area contributed by atoms with E-state index >= 15 is 0 Å². The third-order valence-corrected chi connectivity index (χ3v) is 10.4. The molecule has 12 heteroatoms. The van der Waals surface area contributed by atoms with Crippen molar-refractivity contribution in [2.45, 2.75) is 17.0 Å². The summed E-state index contributed by atoms with van der Waals surface area (Å²) in [5, 5.41) is 12.4. The van der Waals surface area contributed by atoms with Crippen LogP contribution >= 0.6 is 12.0 Å². The number of pyridine rings is 1. The summed E-state index contributed by atoms with van der Waals surface area (Å²) in [6.07, 6.45) is 6.03. The number of hydrogen-bond acceptors (Lipinski definition) is 9. The van der Waals surface area contributed by atoms with E-state index in [0.29, 0.717) is 29.3 Å². The highest BCUT2D eigenvalue weighted by Gasteiger charge is 2.32. The van der Waals surface area contributed by atoms with Crippen LogP contribution in [0.5, 0.6) is 11.5 Å². The topological polar surface area (TPSA) is 119 Å². The van der Waals surface area contributed by atoms with Crippen LogP contribution in [-0.4, -0.2) is 39.0 Å². The summed E-state index contributed by atoms with van der Waals surface area (Å²) in [6.45, 7) is 0.346. The van der Waals surface area contributed by atoms with Gasteiger partial charge in [0.15, 0.2) is 11.8 Å². The lowest BCUT2D eigenvalue weighted by Crippen LogP contribution is -2.42. The summed E-state index contributed by atoms with van der Waals surface area (Å²) in [5.74, 6) is 1.28. The highest BCUT2D eigenvalue weighted by molar-refractivity contribution is 7.94. The Labute approximate surface area is 289 Å². The normalized spacial score (nSPS) is 14.9. The number of nitrogens with zero attached hydrogens (tertiary/aromatic N) is 2. The Morgan fingerprint density at radius 3 is 2.14 bits per heavy atom. The average Bonchev–Trinajstić information content (AvgIpc) is 3.13. The minimum atomic E-state index is -4.53. The molecule has 5 aromatic rings. The Morgan fingerprint density at radius 2 is 1.47 bits per heavy atom. The van der Waals surface area contributed by atoms with Gasteiger partial charge in [-0.2, -0.15) is 13.0 Å². The number of anilines is 1. The molecule has 2 unspecified atom stereocenters. The Bertz CT molecular complexity index is 2080. The third kappa shape index (κ3) is 7.81. The van der Waals surface area contributed by atoms with Crippen molar-refractivity contribution in [2.24, 2.45) is 0 Å². The van der Waals surface area contributed by atoms with Crippen molar-refractivity contribution in [3.63, 3.8) is 0 Å². The van der Waals surface area contributed by atoms with Crippen molar-refractivity contribution in [1.82, 2.24) is 0 Å². The van der Waals surface area contributed by atoms with Crippen molar-refractivity contribution in [3.8, 4) is 11.5 Å². The van der Waals surface area contributed by atoms with Crippen LogP contribution in [0.15, 0.2) is 121 Å². The molecule has 0 aliphatic carbocycles. The number of benzene rings is 4. The summed E-state index contributed by atoms with van der Waals surface area (Å²) in [6, 6.07) is 33.9. The highest BCUT2D eigenvalue weighted by Crippen LogP contribution is 2.38. The van der Waals surface area contributed by atoms with Crippen LogP contribution in [0, 0.1) is 0 Å². The number of allylic oxidation sites excluding steroid dienone is 1. The molecular weight excluding hydrogens is 665 g/mol. The highest BCUT2D eigenvalue weighted by atomic mass is 32.2. The summed E-state index contributed by atoms with van der Waals surface area (Å²) in [7, 11) is -1.39. The first kappa shape index (κ1) is 34.2. The maximum Gasteiger partial charge on any atom is 0.278 e. The number of fused-ring (bicyclic) bond motifs is 2. The zero-order chi connectivity index (χ0) is 34.4. The second kappa shape index (κ2) is 15.2. The molecule has 2 heterocycles. The lowest BCUT2D eigenvalue weighted by molar-refractivity contribution is -0.673. The predicted molar refractivity (Wildman–Crippen MR) is 190 cm³/mol. The maximum absolute atomic E-state index is 12.9. The van der Waals surface area contributed by atoms with E-state index < -0.39 is 15.4 Å². The molecule has 0 spiro atoms. The molecule has 1 aliphatic heterocycles. The molecular formula is C37H35N2O8S2+. The fourth-order valence-corrected chi connectivity index (χ4v) is 7.41. The van der Waals surface area contributed by atoms with Gasteiger partial charge in [-0.3, -0.25) is 4.55 Å². The molecule has 2 atom stereocenters. The van der Waals surface area contributed by atoms with Gasteiger partial charge in [0.2, 0.25) is 11.2 Å². The van der Waals surface area contributed by atoms with Gasteiger partial charge in [-0.05, 0) is 65.2 Å². The summed E-state index contributed by atoms with van der Waals surface area (Å²) in [5.41, 5.74) is 5.63. The molecule has 10 nitrogen and oxygen atoms in total. The zero-order valence-electron chi connectivity index (χ0n) is 26.7. The van der Waals surface area contributed by atoms with Gasteiger partial charge in [0.25, 0.3) is 10.1 Å². The molecule has 0 saturated heterocycles. The van der Waals surface area contributed by atoms with E-state index in [2.05, 4.69) is 9.94 Å². The molecule has 2 N–H and O–H groups in total. The molecule has 1 aliphatic rings. The van der Waals surface area contributed by atoms with Crippen LogP contribution in [0.25, 0.3) is 23.1 Å². The third-order valence-electron chi connectivity index (χ3n) is 8.46. The fraction of sp³-hybridized carbons (Fsp3) is 0.162.